The molecule has 6 nitrogen and oxygen atoms in total. The highest BCUT2D eigenvalue weighted by atomic mass is 16.5. The molecule has 0 spiro atoms. The van der Waals surface area contributed by atoms with Crippen LogP contribution in [0.2, 0.25) is 0 Å². The van der Waals surface area contributed by atoms with Crippen molar-refractivity contribution < 1.29 is 9.32 Å². The largest absolute Gasteiger partial charge is 0.353 e. The molecule has 25 heavy (non-hydrogen) atoms. The normalized spacial score (nSPS) is 25.9. The molecule has 0 saturated heterocycles. The van der Waals surface area contributed by atoms with Crippen molar-refractivity contribution in [2.75, 3.05) is 0 Å². The summed E-state index contributed by atoms with van der Waals surface area (Å²) in [6, 6.07) is 3.93. The first-order valence-corrected chi connectivity index (χ1v) is 9.21. The number of rotatable bonds is 6. The lowest BCUT2D eigenvalue weighted by Gasteiger charge is -2.28. The highest BCUT2D eigenvalue weighted by molar-refractivity contribution is 5.76. The van der Waals surface area contributed by atoms with Crippen molar-refractivity contribution >= 4 is 5.91 Å². The van der Waals surface area contributed by atoms with Gasteiger partial charge in [-0.05, 0) is 56.1 Å². The van der Waals surface area contributed by atoms with Gasteiger partial charge in [-0.1, -0.05) is 11.6 Å². The van der Waals surface area contributed by atoms with Crippen molar-refractivity contribution in [2.45, 2.75) is 51.5 Å². The standard InChI is InChI=1S/C19H24N4O2/c1-12(16-11-13-2-3-15(16)10-13)21-17(24)4-5-18-22-19(23-25-18)14-6-8-20-9-7-14/h6-9,12-13,15-16H,2-5,10-11H2,1H3,(H,21,24). The maximum atomic E-state index is 12.3. The van der Waals surface area contributed by atoms with E-state index in [1.54, 1.807) is 12.4 Å². The molecule has 2 aliphatic carbocycles. The van der Waals surface area contributed by atoms with Gasteiger partial charge in [-0.15, -0.1) is 0 Å². The summed E-state index contributed by atoms with van der Waals surface area (Å²) in [5.41, 5.74) is 0.861. The van der Waals surface area contributed by atoms with Crippen LogP contribution in [0.4, 0.5) is 0 Å². The van der Waals surface area contributed by atoms with Crippen LogP contribution in [0.15, 0.2) is 29.0 Å². The number of nitrogens with zero attached hydrogens (tertiary/aromatic N) is 3. The molecule has 132 valence electrons. The van der Waals surface area contributed by atoms with Crippen LogP contribution in [0.5, 0.6) is 0 Å². The van der Waals surface area contributed by atoms with E-state index in [2.05, 4.69) is 27.4 Å². The van der Waals surface area contributed by atoms with Gasteiger partial charge in [0.2, 0.25) is 17.6 Å². The Hall–Kier alpha value is -2.24. The molecule has 0 aliphatic heterocycles. The summed E-state index contributed by atoms with van der Waals surface area (Å²) in [7, 11) is 0. The molecule has 2 aromatic rings. The van der Waals surface area contributed by atoms with Gasteiger partial charge in [0.15, 0.2) is 0 Å². The Morgan fingerprint density at radius 1 is 1.32 bits per heavy atom. The molecule has 4 unspecified atom stereocenters. The molecular weight excluding hydrogens is 316 g/mol. The zero-order valence-electron chi connectivity index (χ0n) is 14.5. The van der Waals surface area contributed by atoms with Gasteiger partial charge in [-0.25, -0.2) is 0 Å². The van der Waals surface area contributed by atoms with E-state index in [4.69, 9.17) is 4.52 Å². The third-order valence-electron chi connectivity index (χ3n) is 5.80. The van der Waals surface area contributed by atoms with Crippen molar-refractivity contribution in [1.29, 1.82) is 0 Å². The highest BCUT2D eigenvalue weighted by Crippen LogP contribution is 2.49. The molecule has 2 aromatic heterocycles. The van der Waals surface area contributed by atoms with Crippen LogP contribution in [-0.2, 0) is 11.2 Å². The van der Waals surface area contributed by atoms with Gasteiger partial charge in [-0.3, -0.25) is 9.78 Å². The van der Waals surface area contributed by atoms with Crippen molar-refractivity contribution in [1.82, 2.24) is 20.4 Å². The molecule has 6 heteroatoms. The van der Waals surface area contributed by atoms with Crippen LogP contribution in [0.3, 0.4) is 0 Å². The lowest BCUT2D eigenvalue weighted by atomic mass is 9.84. The first-order valence-electron chi connectivity index (χ1n) is 9.21. The SMILES string of the molecule is CC(NC(=O)CCc1nc(-c2ccncc2)no1)C1CC2CCC1C2. The lowest BCUT2D eigenvalue weighted by molar-refractivity contribution is -0.122. The van der Waals surface area contributed by atoms with Crippen LogP contribution in [0, 0.1) is 17.8 Å². The van der Waals surface area contributed by atoms with Crippen LogP contribution < -0.4 is 5.32 Å². The fourth-order valence-corrected chi connectivity index (χ4v) is 4.53. The van der Waals surface area contributed by atoms with E-state index in [-0.39, 0.29) is 11.9 Å². The predicted octanol–water partition coefficient (Wildman–Crippen LogP) is 3.01. The van der Waals surface area contributed by atoms with Crippen LogP contribution in [0.25, 0.3) is 11.4 Å². The molecule has 4 atom stereocenters. The monoisotopic (exact) mass is 340 g/mol. The number of pyridine rings is 1. The number of aromatic nitrogens is 3. The average Bonchev–Trinajstić information content (AvgIpc) is 3.37. The number of fused-ring (bicyclic) bond motifs is 2. The molecule has 2 fully saturated rings. The minimum atomic E-state index is 0.0685. The van der Waals surface area contributed by atoms with Crippen LogP contribution in [-0.4, -0.2) is 27.1 Å². The smallest absolute Gasteiger partial charge is 0.227 e. The Balaban J connectivity index is 1.27. The molecule has 1 N–H and O–H groups in total. The Labute approximate surface area is 147 Å². The van der Waals surface area contributed by atoms with Gasteiger partial charge >= 0.3 is 0 Å². The molecule has 0 radical (unpaired) electrons. The van der Waals surface area contributed by atoms with Crippen molar-refractivity contribution in [3.63, 3.8) is 0 Å². The summed E-state index contributed by atoms with van der Waals surface area (Å²) in [6.45, 7) is 2.15. The molecule has 0 aromatic carbocycles. The van der Waals surface area contributed by atoms with E-state index >= 15 is 0 Å². The Morgan fingerprint density at radius 2 is 2.16 bits per heavy atom. The fourth-order valence-electron chi connectivity index (χ4n) is 4.53. The summed E-state index contributed by atoms with van der Waals surface area (Å²) in [5, 5.41) is 7.15. The second kappa shape index (κ2) is 6.94. The zero-order valence-corrected chi connectivity index (χ0v) is 14.5. The lowest BCUT2D eigenvalue weighted by Crippen LogP contribution is -2.40. The zero-order chi connectivity index (χ0) is 17.2. The van der Waals surface area contributed by atoms with Crippen LogP contribution in [0.1, 0.15) is 44.9 Å². The first-order chi connectivity index (χ1) is 12.2. The number of hydrogen-bond donors (Lipinski definition) is 1. The summed E-state index contributed by atoms with van der Waals surface area (Å²) < 4.78 is 5.25. The van der Waals surface area contributed by atoms with Gasteiger partial charge in [0.25, 0.3) is 0 Å². The number of carbonyl (C=O) groups is 1. The van der Waals surface area contributed by atoms with E-state index in [9.17, 15) is 4.79 Å². The fraction of sp³-hybridized carbons (Fsp3) is 0.579. The van der Waals surface area contributed by atoms with Gasteiger partial charge in [-0.2, -0.15) is 4.98 Å². The van der Waals surface area contributed by atoms with E-state index in [0.29, 0.717) is 30.5 Å². The third-order valence-corrected chi connectivity index (χ3v) is 5.80. The molecule has 2 bridgehead atoms. The second-order valence-electron chi connectivity index (χ2n) is 7.44. The van der Waals surface area contributed by atoms with Gasteiger partial charge in [0.1, 0.15) is 0 Å². The Bertz CT molecular complexity index is 730. The number of hydrogen-bond acceptors (Lipinski definition) is 5. The number of aryl methyl sites for hydroxylation is 1. The molecule has 2 heterocycles. The molecule has 1 amide bonds. The second-order valence-corrected chi connectivity index (χ2v) is 7.44. The number of nitrogens with one attached hydrogen (secondary N) is 1. The van der Waals surface area contributed by atoms with E-state index in [1.165, 1.54) is 25.7 Å². The quantitative estimate of drug-likeness (QED) is 0.874. The number of amides is 1. The van der Waals surface area contributed by atoms with Crippen molar-refractivity contribution in [2.24, 2.45) is 17.8 Å². The summed E-state index contributed by atoms with van der Waals surface area (Å²) in [5.74, 6) is 3.48. The summed E-state index contributed by atoms with van der Waals surface area (Å²) in [4.78, 5) is 20.6. The minimum absolute atomic E-state index is 0.0685. The maximum Gasteiger partial charge on any atom is 0.227 e. The van der Waals surface area contributed by atoms with Gasteiger partial charge in [0, 0.05) is 36.8 Å². The van der Waals surface area contributed by atoms with Gasteiger partial charge in [0.05, 0.1) is 0 Å². The summed E-state index contributed by atoms with van der Waals surface area (Å²) in [6.07, 6.45) is 9.60. The maximum absolute atomic E-state index is 12.3. The Kier molecular flexibility index (Phi) is 4.51. The summed E-state index contributed by atoms with van der Waals surface area (Å²) >= 11 is 0. The molecule has 4 rings (SSSR count). The van der Waals surface area contributed by atoms with Crippen molar-refractivity contribution in [3.8, 4) is 11.4 Å². The predicted molar refractivity (Wildman–Crippen MR) is 92.4 cm³/mol. The third kappa shape index (κ3) is 3.57. The molecule has 2 saturated carbocycles. The van der Waals surface area contributed by atoms with E-state index in [1.807, 2.05) is 12.1 Å². The number of carbonyl (C=O) groups excluding carboxylic acids is 1. The minimum Gasteiger partial charge on any atom is -0.353 e. The molecular formula is C19H24N4O2. The highest BCUT2D eigenvalue weighted by Gasteiger charge is 2.42. The van der Waals surface area contributed by atoms with Crippen molar-refractivity contribution in [3.05, 3.63) is 30.4 Å². The average molecular weight is 340 g/mol. The molecule has 2 aliphatic rings. The van der Waals surface area contributed by atoms with Crippen LogP contribution >= 0.6 is 0 Å². The Morgan fingerprint density at radius 3 is 2.88 bits per heavy atom. The van der Waals surface area contributed by atoms with Gasteiger partial charge < -0.3 is 9.84 Å². The van der Waals surface area contributed by atoms with E-state index in [0.717, 1.165) is 17.4 Å². The topological polar surface area (TPSA) is 80.9 Å². The first kappa shape index (κ1) is 16.2. The van der Waals surface area contributed by atoms with E-state index < -0.39 is 0 Å².